The number of esters is 2. The fraction of sp³-hybridized carbons (Fsp3) is 0.686. The molecule has 372 valence electrons. The number of phosphoric acid groups is 1. The third-order valence-corrected chi connectivity index (χ3v) is 11.7. The van der Waals surface area contributed by atoms with Crippen LogP contribution < -0.4 is 0 Å². The summed E-state index contributed by atoms with van der Waals surface area (Å²) in [5, 5.41) is 50.2. The maximum absolute atomic E-state index is 12.8. The van der Waals surface area contributed by atoms with Crippen LogP contribution in [0.4, 0.5) is 0 Å². The first-order valence-electron chi connectivity index (χ1n) is 24.4. The lowest BCUT2D eigenvalue weighted by molar-refractivity contribution is -0.220. The molecule has 8 atom stereocenters. The van der Waals surface area contributed by atoms with Crippen molar-refractivity contribution < 1.29 is 63.1 Å². The monoisotopic (exact) mass is 937 g/mol. The molecule has 0 heterocycles. The first-order chi connectivity index (χ1) is 31.4. The third kappa shape index (κ3) is 32.4. The van der Waals surface area contributed by atoms with Crippen molar-refractivity contribution in [2.45, 2.75) is 211 Å². The Hall–Kier alpha value is -2.97. The van der Waals surface area contributed by atoms with Crippen molar-refractivity contribution in [3.8, 4) is 0 Å². The van der Waals surface area contributed by atoms with Gasteiger partial charge in [-0.3, -0.25) is 18.6 Å². The van der Waals surface area contributed by atoms with E-state index in [1.807, 2.05) is 18.2 Å². The molecule has 1 saturated carbocycles. The molecular weight excluding hydrogens is 852 g/mol. The van der Waals surface area contributed by atoms with E-state index in [-0.39, 0.29) is 12.8 Å². The predicted molar refractivity (Wildman–Crippen MR) is 258 cm³/mol. The molecule has 0 spiro atoms. The minimum absolute atomic E-state index is 0.0369. The fourth-order valence-corrected chi connectivity index (χ4v) is 7.81. The van der Waals surface area contributed by atoms with Gasteiger partial charge in [-0.1, -0.05) is 163 Å². The Balaban J connectivity index is 2.49. The summed E-state index contributed by atoms with van der Waals surface area (Å²) >= 11 is 0. The number of rotatable bonds is 39. The van der Waals surface area contributed by atoms with Crippen molar-refractivity contribution in [3.63, 3.8) is 0 Å². The van der Waals surface area contributed by atoms with Crippen molar-refractivity contribution in [2.24, 2.45) is 0 Å². The summed E-state index contributed by atoms with van der Waals surface area (Å²) in [6.45, 7) is 3.11. The van der Waals surface area contributed by atoms with Gasteiger partial charge >= 0.3 is 19.8 Å². The highest BCUT2D eigenvalue weighted by Gasteiger charge is 2.51. The third-order valence-electron chi connectivity index (χ3n) is 10.7. The van der Waals surface area contributed by atoms with Crippen LogP contribution in [-0.4, -0.2) is 98.3 Å². The maximum Gasteiger partial charge on any atom is 0.472 e. The van der Waals surface area contributed by atoms with E-state index in [2.05, 4.69) is 80.7 Å². The van der Waals surface area contributed by atoms with Gasteiger partial charge in [-0.05, 0) is 77.0 Å². The second kappa shape index (κ2) is 40.1. The largest absolute Gasteiger partial charge is 0.472 e. The Morgan fingerprint density at radius 1 is 0.492 bits per heavy atom. The molecule has 1 rings (SSSR count). The van der Waals surface area contributed by atoms with Gasteiger partial charge in [0, 0.05) is 12.8 Å². The molecule has 0 radical (unpaired) electrons. The maximum atomic E-state index is 12.8. The van der Waals surface area contributed by atoms with Gasteiger partial charge in [0.05, 0.1) is 6.61 Å². The molecule has 0 aromatic heterocycles. The van der Waals surface area contributed by atoms with E-state index in [9.17, 15) is 44.6 Å². The molecule has 6 unspecified atom stereocenters. The van der Waals surface area contributed by atoms with E-state index in [0.717, 1.165) is 83.5 Å². The number of carbonyl (C=O) groups excluding carboxylic acids is 2. The Morgan fingerprint density at radius 2 is 0.908 bits per heavy atom. The highest BCUT2D eigenvalue weighted by atomic mass is 31.2. The smallest absolute Gasteiger partial charge is 0.462 e. The SMILES string of the molecule is CC/C=C\C/C=C\C/C=C\C/C=C\C/C=C\C/C=C\CCC(=O)OC[C@H](COP(=O)(O)OC1C(O)C(O)C(O)[C@@H](O)C1O)OC(=O)CCCCCCCCC/C=C\CCCCCCCC. The number of ether oxygens (including phenoxy) is 2. The summed E-state index contributed by atoms with van der Waals surface area (Å²) in [4.78, 5) is 35.7. The molecule has 1 aliphatic carbocycles. The quantitative estimate of drug-likeness (QED) is 0.0147. The van der Waals surface area contributed by atoms with E-state index in [0.29, 0.717) is 19.3 Å². The Morgan fingerprint density at radius 3 is 1.40 bits per heavy atom. The number of hydrogen-bond donors (Lipinski definition) is 6. The molecule has 0 bridgehead atoms. The topological polar surface area (TPSA) is 210 Å². The van der Waals surface area contributed by atoms with Gasteiger partial charge in [0.25, 0.3) is 0 Å². The summed E-state index contributed by atoms with van der Waals surface area (Å²) in [6.07, 6.45) is 39.3. The zero-order valence-corrected chi connectivity index (χ0v) is 40.4. The number of aliphatic hydroxyl groups is 5. The van der Waals surface area contributed by atoms with Crippen molar-refractivity contribution in [3.05, 3.63) is 85.1 Å². The van der Waals surface area contributed by atoms with Gasteiger partial charge in [-0.25, -0.2) is 4.57 Å². The Kier molecular flexibility index (Phi) is 37.1. The van der Waals surface area contributed by atoms with Crippen LogP contribution in [0.3, 0.4) is 0 Å². The van der Waals surface area contributed by atoms with Crippen LogP contribution in [-0.2, 0) is 32.7 Å². The lowest BCUT2D eigenvalue weighted by atomic mass is 9.85. The van der Waals surface area contributed by atoms with Crippen molar-refractivity contribution in [1.29, 1.82) is 0 Å². The van der Waals surface area contributed by atoms with Crippen LogP contribution in [0.25, 0.3) is 0 Å². The molecule has 0 saturated heterocycles. The Labute approximate surface area is 390 Å². The number of hydrogen-bond acceptors (Lipinski definition) is 12. The molecule has 0 aliphatic heterocycles. The minimum Gasteiger partial charge on any atom is -0.462 e. The van der Waals surface area contributed by atoms with Gasteiger partial charge < -0.3 is 39.9 Å². The van der Waals surface area contributed by atoms with Gasteiger partial charge in [0.15, 0.2) is 6.10 Å². The number of aliphatic hydroxyl groups excluding tert-OH is 5. The number of phosphoric ester groups is 1. The summed E-state index contributed by atoms with van der Waals surface area (Å²) in [5.41, 5.74) is 0. The van der Waals surface area contributed by atoms with E-state index < -0.39 is 75.7 Å². The molecule has 1 fully saturated rings. The van der Waals surface area contributed by atoms with Gasteiger partial charge in [0.2, 0.25) is 0 Å². The Bertz CT molecular complexity index is 1460. The predicted octanol–water partition coefficient (Wildman–Crippen LogP) is 10.1. The standard InChI is InChI=1S/C51H85O13P/c1-3-5-7-9-11-13-15-17-19-21-22-24-25-27-29-31-33-35-37-39-44(52)61-41-43(42-62-65(59,60)64-51-49(57)47(55)46(54)48(56)50(51)58)63-45(53)40-38-36-34-32-30-28-26-23-20-18-16-14-12-10-8-6-4-2/h5,7,11,13,17-20,22,24,27,29,33,35,43,46-51,54-58H,3-4,6,8-10,12,14-16,21,23,25-26,28,30-32,34,36-42H2,1-2H3,(H,59,60)/b7-5-,13-11-,19-17-,20-18-,24-22-,29-27-,35-33-/t43-,46?,47-,48?,49?,50?,51?/m1/s1. The number of carbonyl (C=O) groups is 2. The molecule has 1 aliphatic rings. The highest BCUT2D eigenvalue weighted by Crippen LogP contribution is 2.47. The molecule has 14 heteroatoms. The molecular formula is C51H85O13P. The van der Waals surface area contributed by atoms with Gasteiger partial charge in [-0.15, -0.1) is 0 Å². The van der Waals surface area contributed by atoms with Gasteiger partial charge in [-0.2, -0.15) is 0 Å². The summed E-state index contributed by atoms with van der Waals surface area (Å²) in [6, 6.07) is 0. The van der Waals surface area contributed by atoms with Crippen LogP contribution in [0.15, 0.2) is 85.1 Å². The van der Waals surface area contributed by atoms with Crippen molar-refractivity contribution in [1.82, 2.24) is 0 Å². The summed E-state index contributed by atoms with van der Waals surface area (Å²) < 4.78 is 33.5. The van der Waals surface area contributed by atoms with Crippen LogP contribution in [0.1, 0.15) is 168 Å². The average molecular weight is 937 g/mol. The van der Waals surface area contributed by atoms with Crippen molar-refractivity contribution in [2.75, 3.05) is 13.2 Å². The van der Waals surface area contributed by atoms with Crippen molar-refractivity contribution >= 4 is 19.8 Å². The minimum atomic E-state index is -5.14. The van der Waals surface area contributed by atoms with E-state index in [1.54, 1.807) is 0 Å². The first-order valence-corrected chi connectivity index (χ1v) is 25.9. The van der Waals surface area contributed by atoms with Crippen LogP contribution in [0.2, 0.25) is 0 Å². The molecule has 6 N–H and O–H groups in total. The average Bonchev–Trinajstić information content (AvgIpc) is 3.29. The summed E-state index contributed by atoms with van der Waals surface area (Å²) in [7, 11) is -5.14. The van der Waals surface area contributed by atoms with Crippen LogP contribution in [0.5, 0.6) is 0 Å². The van der Waals surface area contributed by atoms with E-state index in [1.165, 1.54) is 38.5 Å². The number of unbranched alkanes of at least 4 members (excludes halogenated alkanes) is 13. The number of allylic oxidation sites excluding steroid dienone is 14. The first kappa shape index (κ1) is 60.0. The molecule has 0 aromatic rings. The van der Waals surface area contributed by atoms with Crippen LogP contribution >= 0.6 is 7.82 Å². The molecule has 0 amide bonds. The lowest BCUT2D eigenvalue weighted by Gasteiger charge is -2.41. The molecule has 65 heavy (non-hydrogen) atoms. The zero-order valence-electron chi connectivity index (χ0n) is 39.5. The van der Waals surface area contributed by atoms with E-state index >= 15 is 0 Å². The van der Waals surface area contributed by atoms with E-state index in [4.69, 9.17) is 18.5 Å². The molecule has 0 aromatic carbocycles. The van der Waals surface area contributed by atoms with Crippen LogP contribution in [0, 0.1) is 0 Å². The lowest BCUT2D eigenvalue weighted by Crippen LogP contribution is -2.64. The van der Waals surface area contributed by atoms with Gasteiger partial charge in [0.1, 0.15) is 43.2 Å². The zero-order chi connectivity index (χ0) is 47.8. The second-order valence-corrected chi connectivity index (χ2v) is 18.0. The fourth-order valence-electron chi connectivity index (χ4n) is 6.84. The normalized spacial score (nSPS) is 22.2. The molecule has 13 nitrogen and oxygen atoms in total. The second-order valence-electron chi connectivity index (χ2n) is 16.6. The summed E-state index contributed by atoms with van der Waals surface area (Å²) in [5.74, 6) is -1.21. The highest BCUT2D eigenvalue weighted by molar-refractivity contribution is 7.47.